The van der Waals surface area contributed by atoms with E-state index in [0.29, 0.717) is 18.8 Å². The Hall–Kier alpha value is -1.97. The summed E-state index contributed by atoms with van der Waals surface area (Å²) in [4.78, 5) is 4.65. The standard InChI is InChI=1S/C17H23N5O3S/c1-11-19-17(22(21-11)13-6-7-26(23,24)10-13)15-9-18-20-16(15)12-4-3-5-14(8-12)25-2/h3-5,8,13,15-16,18,20H,6-7,9-10H2,1-2H3. The number of methoxy groups -OCH3 is 1. The van der Waals surface area contributed by atoms with Gasteiger partial charge in [0, 0.05) is 6.54 Å². The molecule has 1 aromatic carbocycles. The Morgan fingerprint density at radius 2 is 2.19 bits per heavy atom. The van der Waals surface area contributed by atoms with Gasteiger partial charge in [-0.05, 0) is 31.0 Å². The number of hydrogen-bond donors (Lipinski definition) is 2. The topological polar surface area (TPSA) is 98.1 Å². The molecule has 2 aliphatic heterocycles. The predicted molar refractivity (Wildman–Crippen MR) is 96.7 cm³/mol. The number of rotatable bonds is 4. The molecular weight excluding hydrogens is 354 g/mol. The minimum absolute atomic E-state index is 0.00506. The van der Waals surface area contributed by atoms with Crippen LogP contribution >= 0.6 is 0 Å². The van der Waals surface area contributed by atoms with Crippen molar-refractivity contribution < 1.29 is 13.2 Å². The second-order valence-electron chi connectivity index (χ2n) is 6.90. The Labute approximate surface area is 152 Å². The summed E-state index contributed by atoms with van der Waals surface area (Å²) in [6.45, 7) is 2.54. The first kappa shape index (κ1) is 17.4. The molecule has 1 aromatic heterocycles. The van der Waals surface area contributed by atoms with Crippen LogP contribution in [0.25, 0.3) is 0 Å². The largest absolute Gasteiger partial charge is 0.497 e. The van der Waals surface area contributed by atoms with Crippen LogP contribution in [0.15, 0.2) is 24.3 Å². The van der Waals surface area contributed by atoms with Gasteiger partial charge in [0.05, 0.1) is 36.6 Å². The van der Waals surface area contributed by atoms with E-state index in [1.807, 2.05) is 35.9 Å². The molecule has 2 aromatic rings. The quantitative estimate of drug-likeness (QED) is 0.816. The molecule has 0 radical (unpaired) electrons. The second kappa shape index (κ2) is 6.64. The first-order chi connectivity index (χ1) is 12.5. The molecule has 8 nitrogen and oxygen atoms in total. The van der Waals surface area contributed by atoms with E-state index >= 15 is 0 Å². The van der Waals surface area contributed by atoms with Crippen LogP contribution in [-0.4, -0.2) is 48.3 Å². The second-order valence-corrected chi connectivity index (χ2v) is 9.13. The Bertz CT molecular complexity index is 911. The van der Waals surface area contributed by atoms with E-state index in [1.165, 1.54) is 0 Å². The highest BCUT2D eigenvalue weighted by molar-refractivity contribution is 7.91. The summed E-state index contributed by atoms with van der Waals surface area (Å²) in [7, 11) is -1.34. The highest BCUT2D eigenvalue weighted by atomic mass is 32.2. The van der Waals surface area contributed by atoms with E-state index in [2.05, 4.69) is 20.9 Å². The van der Waals surface area contributed by atoms with Crippen molar-refractivity contribution in [3.05, 3.63) is 41.5 Å². The van der Waals surface area contributed by atoms with E-state index in [-0.39, 0.29) is 29.5 Å². The van der Waals surface area contributed by atoms with Gasteiger partial charge in [0.1, 0.15) is 17.4 Å². The number of hydrazine groups is 1. The van der Waals surface area contributed by atoms with Crippen molar-refractivity contribution in [2.24, 2.45) is 0 Å². The summed E-state index contributed by atoms with van der Waals surface area (Å²) in [6.07, 6.45) is 0.593. The van der Waals surface area contributed by atoms with Crippen molar-refractivity contribution in [2.45, 2.75) is 31.3 Å². The van der Waals surface area contributed by atoms with Crippen LogP contribution in [0.2, 0.25) is 0 Å². The lowest BCUT2D eigenvalue weighted by Gasteiger charge is -2.21. The number of aryl methyl sites for hydroxylation is 1. The number of hydrogen-bond acceptors (Lipinski definition) is 7. The number of nitrogens with one attached hydrogen (secondary N) is 2. The molecule has 2 saturated heterocycles. The van der Waals surface area contributed by atoms with Crippen LogP contribution in [0.1, 0.15) is 41.6 Å². The van der Waals surface area contributed by atoms with Crippen molar-refractivity contribution in [1.82, 2.24) is 25.6 Å². The van der Waals surface area contributed by atoms with E-state index < -0.39 is 9.84 Å². The molecule has 9 heteroatoms. The predicted octanol–water partition coefficient (Wildman–Crippen LogP) is 0.887. The maximum absolute atomic E-state index is 11.9. The van der Waals surface area contributed by atoms with Crippen molar-refractivity contribution >= 4 is 9.84 Å². The van der Waals surface area contributed by atoms with E-state index in [1.54, 1.807) is 7.11 Å². The van der Waals surface area contributed by atoms with Crippen LogP contribution < -0.4 is 15.6 Å². The van der Waals surface area contributed by atoms with Gasteiger partial charge in [-0.3, -0.25) is 5.43 Å². The average Bonchev–Trinajstić information content (AvgIpc) is 3.32. The Morgan fingerprint density at radius 3 is 2.92 bits per heavy atom. The minimum atomic E-state index is -2.99. The Balaban J connectivity index is 1.68. The molecule has 0 aliphatic carbocycles. The third-order valence-corrected chi connectivity index (χ3v) is 6.83. The van der Waals surface area contributed by atoms with Crippen LogP contribution in [0.3, 0.4) is 0 Å². The highest BCUT2D eigenvalue weighted by Gasteiger charge is 2.37. The molecule has 0 spiro atoms. The number of benzene rings is 1. The van der Waals surface area contributed by atoms with E-state index in [9.17, 15) is 8.42 Å². The van der Waals surface area contributed by atoms with Gasteiger partial charge < -0.3 is 4.74 Å². The fourth-order valence-electron chi connectivity index (χ4n) is 3.82. The van der Waals surface area contributed by atoms with Gasteiger partial charge in [0.25, 0.3) is 0 Å². The van der Waals surface area contributed by atoms with Gasteiger partial charge in [-0.15, -0.1) is 0 Å². The van der Waals surface area contributed by atoms with Crippen molar-refractivity contribution in [3.8, 4) is 5.75 Å². The molecule has 2 N–H and O–H groups in total. The smallest absolute Gasteiger partial charge is 0.152 e. The zero-order chi connectivity index (χ0) is 18.3. The fourth-order valence-corrected chi connectivity index (χ4v) is 5.52. The summed E-state index contributed by atoms with van der Waals surface area (Å²) in [5, 5.41) is 4.53. The molecule has 0 bridgehead atoms. The first-order valence-electron chi connectivity index (χ1n) is 8.72. The average molecular weight is 377 g/mol. The third kappa shape index (κ3) is 3.22. The summed E-state index contributed by atoms with van der Waals surface area (Å²) in [5.41, 5.74) is 7.61. The minimum Gasteiger partial charge on any atom is -0.497 e. The molecule has 0 amide bonds. The number of sulfone groups is 1. The molecule has 3 atom stereocenters. The molecule has 3 unspecified atom stereocenters. The van der Waals surface area contributed by atoms with Gasteiger partial charge in [-0.25, -0.2) is 23.5 Å². The maximum Gasteiger partial charge on any atom is 0.152 e. The van der Waals surface area contributed by atoms with Gasteiger partial charge in [0.2, 0.25) is 0 Å². The van der Waals surface area contributed by atoms with Crippen molar-refractivity contribution in [2.75, 3.05) is 25.2 Å². The van der Waals surface area contributed by atoms with Crippen LogP contribution in [-0.2, 0) is 9.84 Å². The van der Waals surface area contributed by atoms with Crippen LogP contribution in [0.4, 0.5) is 0 Å². The molecule has 3 heterocycles. The van der Waals surface area contributed by atoms with Gasteiger partial charge >= 0.3 is 0 Å². The van der Waals surface area contributed by atoms with Gasteiger partial charge in [0.15, 0.2) is 9.84 Å². The summed E-state index contributed by atoms with van der Waals surface area (Å²) in [5.74, 6) is 2.70. The van der Waals surface area contributed by atoms with Crippen LogP contribution in [0, 0.1) is 6.92 Å². The molecule has 140 valence electrons. The van der Waals surface area contributed by atoms with E-state index in [0.717, 1.165) is 17.1 Å². The monoisotopic (exact) mass is 377 g/mol. The number of nitrogens with zero attached hydrogens (tertiary/aromatic N) is 3. The van der Waals surface area contributed by atoms with Crippen molar-refractivity contribution in [1.29, 1.82) is 0 Å². The summed E-state index contributed by atoms with van der Waals surface area (Å²) in [6, 6.07) is 7.80. The maximum atomic E-state index is 11.9. The zero-order valence-electron chi connectivity index (χ0n) is 14.8. The lowest BCUT2D eigenvalue weighted by molar-refractivity contribution is 0.411. The van der Waals surface area contributed by atoms with Gasteiger partial charge in [-0.2, -0.15) is 5.10 Å². The summed E-state index contributed by atoms with van der Waals surface area (Å²) >= 11 is 0. The van der Waals surface area contributed by atoms with Crippen LogP contribution in [0.5, 0.6) is 5.75 Å². The Morgan fingerprint density at radius 1 is 1.35 bits per heavy atom. The Kier molecular flexibility index (Phi) is 4.45. The summed E-state index contributed by atoms with van der Waals surface area (Å²) < 4.78 is 31.0. The normalized spacial score (nSPS) is 27.7. The molecule has 4 rings (SSSR count). The molecule has 0 saturated carbocycles. The first-order valence-corrected chi connectivity index (χ1v) is 10.5. The molecule has 2 fully saturated rings. The SMILES string of the molecule is COc1cccc(C2NNCC2c2nc(C)nn2C2CCS(=O)(=O)C2)c1. The molecule has 26 heavy (non-hydrogen) atoms. The van der Waals surface area contributed by atoms with Crippen molar-refractivity contribution in [3.63, 3.8) is 0 Å². The molecule has 2 aliphatic rings. The third-order valence-electron chi connectivity index (χ3n) is 5.08. The van der Waals surface area contributed by atoms with Gasteiger partial charge in [-0.1, -0.05) is 12.1 Å². The number of aromatic nitrogens is 3. The van der Waals surface area contributed by atoms with E-state index in [4.69, 9.17) is 4.74 Å². The number of ether oxygens (including phenoxy) is 1. The molecular formula is C17H23N5O3S. The highest BCUT2D eigenvalue weighted by Crippen LogP contribution is 2.36. The fraction of sp³-hybridized carbons (Fsp3) is 0.529. The lowest BCUT2D eigenvalue weighted by Crippen LogP contribution is -2.25. The zero-order valence-corrected chi connectivity index (χ0v) is 15.7. The lowest BCUT2D eigenvalue weighted by atomic mass is 9.94.